The van der Waals surface area contributed by atoms with E-state index in [1.165, 1.54) is 98.7 Å². The summed E-state index contributed by atoms with van der Waals surface area (Å²) in [6, 6.07) is 75.6. The molecule has 10 aromatic carbocycles. The molecule has 0 aliphatic heterocycles. The molecule has 0 N–H and O–H groups in total. The second-order valence-corrected chi connectivity index (χ2v) is 13.7. The Labute approximate surface area is 303 Å². The van der Waals surface area contributed by atoms with Gasteiger partial charge in [0.05, 0.1) is 0 Å². The van der Waals surface area contributed by atoms with Crippen molar-refractivity contribution in [3.05, 3.63) is 206 Å². The van der Waals surface area contributed by atoms with Gasteiger partial charge in [-0.25, -0.2) is 0 Å². The standard InChI is InChI=1S/C52H34/c1-2-10-35(11-3-1)46-30-31-49-50(34-46)52(41-26-20-39(21-27-41)45-29-23-37-13-5-7-15-43(37)33-45)48-17-9-8-16-47(48)51(49)40-24-18-38(19-25-40)44-28-22-36-12-4-6-14-42(36)32-44/h1-34H. The fourth-order valence-electron chi connectivity index (χ4n) is 8.01. The molecule has 0 aliphatic carbocycles. The van der Waals surface area contributed by atoms with Gasteiger partial charge in [0, 0.05) is 0 Å². The molecule has 52 heavy (non-hydrogen) atoms. The Balaban J connectivity index is 1.15. The lowest BCUT2D eigenvalue weighted by atomic mass is 9.84. The molecule has 0 fully saturated rings. The Bertz CT molecular complexity index is 2910. The second kappa shape index (κ2) is 12.5. The first-order valence-electron chi connectivity index (χ1n) is 18.0. The molecule has 0 aromatic heterocycles. The van der Waals surface area contributed by atoms with Crippen molar-refractivity contribution in [2.24, 2.45) is 0 Å². The number of fused-ring (bicyclic) bond motifs is 4. The first kappa shape index (κ1) is 30.1. The molecule has 0 saturated carbocycles. The van der Waals surface area contributed by atoms with Crippen LogP contribution in [0.1, 0.15) is 0 Å². The maximum atomic E-state index is 2.40. The zero-order valence-corrected chi connectivity index (χ0v) is 28.6. The molecule has 0 spiro atoms. The summed E-state index contributed by atoms with van der Waals surface area (Å²) in [6.45, 7) is 0. The van der Waals surface area contributed by atoms with Gasteiger partial charge in [-0.15, -0.1) is 0 Å². The quantitative estimate of drug-likeness (QED) is 0.161. The Morgan fingerprint density at radius 2 is 0.519 bits per heavy atom. The molecule has 242 valence electrons. The largest absolute Gasteiger partial charge is 0.0622 e. The van der Waals surface area contributed by atoms with E-state index >= 15 is 0 Å². The van der Waals surface area contributed by atoms with E-state index < -0.39 is 0 Å². The van der Waals surface area contributed by atoms with Crippen molar-refractivity contribution in [2.45, 2.75) is 0 Å². The molecule has 10 aromatic rings. The van der Waals surface area contributed by atoms with Crippen LogP contribution in [0.15, 0.2) is 206 Å². The van der Waals surface area contributed by atoms with Crippen LogP contribution < -0.4 is 0 Å². The van der Waals surface area contributed by atoms with Gasteiger partial charge in [-0.2, -0.15) is 0 Å². The summed E-state index contributed by atoms with van der Waals surface area (Å²) >= 11 is 0. The predicted molar refractivity (Wildman–Crippen MR) is 224 cm³/mol. The van der Waals surface area contributed by atoms with Crippen LogP contribution in [0.3, 0.4) is 0 Å². The minimum atomic E-state index is 1.22. The lowest BCUT2D eigenvalue weighted by molar-refractivity contribution is 1.61. The zero-order chi connectivity index (χ0) is 34.4. The molecule has 0 aliphatic rings. The van der Waals surface area contributed by atoms with Gasteiger partial charge in [0.15, 0.2) is 0 Å². The molecular weight excluding hydrogens is 625 g/mol. The maximum Gasteiger partial charge on any atom is -0.00261 e. The highest BCUT2D eigenvalue weighted by atomic mass is 14.2. The highest BCUT2D eigenvalue weighted by Gasteiger charge is 2.18. The van der Waals surface area contributed by atoms with E-state index in [4.69, 9.17) is 0 Å². The topological polar surface area (TPSA) is 0 Å². The van der Waals surface area contributed by atoms with Gasteiger partial charge in [0.25, 0.3) is 0 Å². The van der Waals surface area contributed by atoms with E-state index in [-0.39, 0.29) is 0 Å². The van der Waals surface area contributed by atoms with Crippen LogP contribution in [0.2, 0.25) is 0 Å². The Kier molecular flexibility index (Phi) is 7.25. The maximum absolute atomic E-state index is 2.40. The van der Waals surface area contributed by atoms with Gasteiger partial charge < -0.3 is 0 Å². The average Bonchev–Trinajstić information content (AvgIpc) is 3.22. The van der Waals surface area contributed by atoms with Gasteiger partial charge in [0.1, 0.15) is 0 Å². The van der Waals surface area contributed by atoms with Crippen molar-refractivity contribution < 1.29 is 0 Å². The second-order valence-electron chi connectivity index (χ2n) is 13.7. The van der Waals surface area contributed by atoms with E-state index in [2.05, 4.69) is 206 Å². The monoisotopic (exact) mass is 658 g/mol. The number of rotatable bonds is 5. The lowest BCUT2D eigenvalue weighted by Gasteiger charge is -2.19. The molecular formula is C52H34. The third-order valence-corrected chi connectivity index (χ3v) is 10.6. The van der Waals surface area contributed by atoms with Crippen LogP contribution >= 0.6 is 0 Å². The molecule has 0 atom stereocenters. The summed E-state index contributed by atoms with van der Waals surface area (Å²) in [7, 11) is 0. The Morgan fingerprint density at radius 3 is 1.06 bits per heavy atom. The van der Waals surface area contributed by atoms with Crippen molar-refractivity contribution in [3.8, 4) is 55.6 Å². The summed E-state index contributed by atoms with van der Waals surface area (Å²) in [4.78, 5) is 0. The van der Waals surface area contributed by atoms with E-state index in [0.717, 1.165) is 0 Å². The highest BCUT2D eigenvalue weighted by molar-refractivity contribution is 6.22. The Hall–Kier alpha value is -6.76. The number of hydrogen-bond donors (Lipinski definition) is 0. The normalized spacial score (nSPS) is 11.5. The molecule has 0 unspecified atom stereocenters. The number of benzene rings is 10. The zero-order valence-electron chi connectivity index (χ0n) is 28.6. The van der Waals surface area contributed by atoms with Crippen LogP contribution in [0.25, 0.3) is 98.7 Å². The van der Waals surface area contributed by atoms with E-state index in [0.29, 0.717) is 0 Å². The van der Waals surface area contributed by atoms with Crippen molar-refractivity contribution in [1.82, 2.24) is 0 Å². The van der Waals surface area contributed by atoms with Crippen molar-refractivity contribution >= 4 is 43.1 Å². The third-order valence-electron chi connectivity index (χ3n) is 10.6. The minimum Gasteiger partial charge on any atom is -0.0622 e. The molecule has 0 nitrogen and oxygen atoms in total. The summed E-state index contributed by atoms with van der Waals surface area (Å²) in [5.41, 5.74) is 12.3. The van der Waals surface area contributed by atoms with Gasteiger partial charge in [-0.1, -0.05) is 188 Å². The SMILES string of the molecule is c1ccc(-c2ccc3c(-c4ccc(-c5ccc6ccccc6c5)cc4)c4ccccc4c(-c4ccc(-c5ccc6ccccc6c5)cc4)c3c2)cc1. The molecule has 0 radical (unpaired) electrons. The van der Waals surface area contributed by atoms with Gasteiger partial charge in [-0.3, -0.25) is 0 Å². The fourth-order valence-corrected chi connectivity index (χ4v) is 8.01. The minimum absolute atomic E-state index is 1.22. The van der Waals surface area contributed by atoms with Crippen molar-refractivity contribution in [3.63, 3.8) is 0 Å². The summed E-state index contributed by atoms with van der Waals surface area (Å²) in [5, 5.41) is 10.1. The van der Waals surface area contributed by atoms with E-state index in [1.54, 1.807) is 0 Å². The van der Waals surface area contributed by atoms with Gasteiger partial charge >= 0.3 is 0 Å². The molecule has 0 heterocycles. The fraction of sp³-hybridized carbons (Fsp3) is 0. The smallest absolute Gasteiger partial charge is 0.00261 e. The summed E-state index contributed by atoms with van der Waals surface area (Å²) in [6.07, 6.45) is 0. The van der Waals surface area contributed by atoms with Crippen LogP contribution in [0.4, 0.5) is 0 Å². The van der Waals surface area contributed by atoms with Gasteiger partial charge in [-0.05, 0) is 117 Å². The highest BCUT2D eigenvalue weighted by Crippen LogP contribution is 2.45. The molecule has 0 saturated heterocycles. The lowest BCUT2D eigenvalue weighted by Crippen LogP contribution is -1.92. The van der Waals surface area contributed by atoms with E-state index in [9.17, 15) is 0 Å². The van der Waals surface area contributed by atoms with Crippen LogP contribution in [-0.2, 0) is 0 Å². The number of hydrogen-bond acceptors (Lipinski definition) is 0. The molecule has 0 heteroatoms. The average molecular weight is 659 g/mol. The Morgan fingerprint density at radius 1 is 0.173 bits per heavy atom. The first-order chi connectivity index (χ1) is 25.8. The van der Waals surface area contributed by atoms with Crippen molar-refractivity contribution in [1.29, 1.82) is 0 Å². The predicted octanol–water partition coefficient (Wildman–Crippen LogP) is 14.6. The third kappa shape index (κ3) is 5.25. The first-order valence-corrected chi connectivity index (χ1v) is 18.0. The van der Waals surface area contributed by atoms with E-state index in [1.807, 2.05) is 0 Å². The van der Waals surface area contributed by atoms with Crippen LogP contribution in [0.5, 0.6) is 0 Å². The van der Waals surface area contributed by atoms with Crippen molar-refractivity contribution in [2.75, 3.05) is 0 Å². The summed E-state index contributed by atoms with van der Waals surface area (Å²) in [5.74, 6) is 0. The van der Waals surface area contributed by atoms with Gasteiger partial charge in [0.2, 0.25) is 0 Å². The molecule has 0 amide bonds. The summed E-state index contributed by atoms with van der Waals surface area (Å²) < 4.78 is 0. The van der Waals surface area contributed by atoms with Crippen LogP contribution in [-0.4, -0.2) is 0 Å². The molecule has 0 bridgehead atoms. The van der Waals surface area contributed by atoms with Crippen LogP contribution in [0, 0.1) is 0 Å². The molecule has 10 rings (SSSR count).